The fraction of sp³-hybridized carbons (Fsp3) is 0.385. The van der Waals surface area contributed by atoms with Crippen LogP contribution in [0, 0.1) is 5.92 Å². The smallest absolute Gasteiger partial charge is 0.309 e. The lowest BCUT2D eigenvalue weighted by atomic mass is 9.97. The lowest BCUT2D eigenvalue weighted by Crippen LogP contribution is -2.23. The van der Waals surface area contributed by atoms with Crippen molar-refractivity contribution in [2.75, 3.05) is 11.9 Å². The van der Waals surface area contributed by atoms with Crippen LogP contribution in [0.4, 0.5) is 5.69 Å². The van der Waals surface area contributed by atoms with Crippen LogP contribution in [0.1, 0.15) is 18.9 Å². The number of benzene rings is 1. The van der Waals surface area contributed by atoms with Crippen molar-refractivity contribution in [3.63, 3.8) is 0 Å². The zero-order valence-corrected chi connectivity index (χ0v) is 9.73. The van der Waals surface area contributed by atoms with Crippen LogP contribution < -0.4 is 5.32 Å². The number of anilines is 1. The molecule has 17 heavy (non-hydrogen) atoms. The monoisotopic (exact) mass is 233 g/mol. The lowest BCUT2D eigenvalue weighted by Gasteiger charge is -2.11. The van der Waals surface area contributed by atoms with Crippen LogP contribution in [0.15, 0.2) is 24.3 Å². The third kappa shape index (κ3) is 2.64. The molecule has 0 aliphatic carbocycles. The van der Waals surface area contributed by atoms with Crippen LogP contribution in [-0.2, 0) is 20.7 Å². The molecule has 90 valence electrons. The number of carbonyl (C=O) groups excluding carboxylic acids is 2. The number of esters is 1. The molecule has 0 bridgehead atoms. The average Bonchev–Trinajstić information content (AvgIpc) is 2.47. The molecule has 0 fully saturated rings. The van der Waals surface area contributed by atoms with Gasteiger partial charge in [0.05, 0.1) is 12.5 Å². The maximum absolute atomic E-state index is 11.7. The van der Waals surface area contributed by atoms with Crippen LogP contribution in [-0.4, -0.2) is 18.5 Å². The van der Waals surface area contributed by atoms with Crippen molar-refractivity contribution in [1.29, 1.82) is 0 Å². The van der Waals surface area contributed by atoms with E-state index in [1.54, 1.807) is 6.92 Å². The number of ether oxygens (including phenoxy) is 1. The summed E-state index contributed by atoms with van der Waals surface area (Å²) in [5, 5.41) is 2.80. The highest BCUT2D eigenvalue weighted by atomic mass is 16.5. The van der Waals surface area contributed by atoms with Crippen molar-refractivity contribution in [3.05, 3.63) is 29.8 Å². The Morgan fingerprint density at radius 1 is 1.41 bits per heavy atom. The van der Waals surface area contributed by atoms with Gasteiger partial charge in [0.15, 0.2) is 0 Å². The van der Waals surface area contributed by atoms with Gasteiger partial charge in [-0.1, -0.05) is 18.2 Å². The molecule has 1 aromatic rings. The highest BCUT2D eigenvalue weighted by Gasteiger charge is 2.27. The van der Waals surface area contributed by atoms with Gasteiger partial charge in [-0.05, 0) is 25.0 Å². The first-order chi connectivity index (χ1) is 8.20. The number of nitrogens with one attached hydrogen (secondary N) is 1. The average molecular weight is 233 g/mol. The first-order valence-electron chi connectivity index (χ1n) is 5.75. The largest absolute Gasteiger partial charge is 0.466 e. The molecule has 0 radical (unpaired) electrons. The molecule has 2 rings (SSSR count). The second kappa shape index (κ2) is 4.99. The molecule has 0 aromatic heterocycles. The Hall–Kier alpha value is -1.84. The minimum atomic E-state index is -0.376. The molecule has 1 N–H and O–H groups in total. The summed E-state index contributed by atoms with van der Waals surface area (Å²) in [6.45, 7) is 2.11. The van der Waals surface area contributed by atoms with E-state index in [9.17, 15) is 9.59 Å². The summed E-state index contributed by atoms with van der Waals surface area (Å²) in [5.74, 6) is -0.800. The van der Waals surface area contributed by atoms with Crippen molar-refractivity contribution in [3.8, 4) is 0 Å². The van der Waals surface area contributed by atoms with Crippen molar-refractivity contribution in [1.82, 2.24) is 0 Å². The molecule has 1 amide bonds. The van der Waals surface area contributed by atoms with Crippen LogP contribution in [0.2, 0.25) is 0 Å². The molecule has 1 unspecified atom stereocenters. The van der Waals surface area contributed by atoms with E-state index in [0.717, 1.165) is 11.3 Å². The summed E-state index contributed by atoms with van der Waals surface area (Å²) >= 11 is 0. The van der Waals surface area contributed by atoms with Gasteiger partial charge in [-0.15, -0.1) is 0 Å². The zero-order chi connectivity index (χ0) is 12.3. The van der Waals surface area contributed by atoms with Crippen LogP contribution in [0.5, 0.6) is 0 Å². The molecule has 0 saturated carbocycles. The Balaban J connectivity index is 2.23. The first kappa shape index (κ1) is 11.6. The summed E-state index contributed by atoms with van der Waals surface area (Å²) in [7, 11) is 0. The van der Waals surface area contributed by atoms with Crippen molar-refractivity contribution in [2.24, 2.45) is 5.92 Å². The van der Waals surface area contributed by atoms with E-state index in [2.05, 4.69) is 5.32 Å². The van der Waals surface area contributed by atoms with Crippen molar-refractivity contribution >= 4 is 17.6 Å². The van der Waals surface area contributed by atoms with Gasteiger partial charge >= 0.3 is 5.97 Å². The molecule has 0 spiro atoms. The van der Waals surface area contributed by atoms with Crippen LogP contribution in [0.25, 0.3) is 0 Å². The highest BCUT2D eigenvalue weighted by Crippen LogP contribution is 2.25. The molecule has 1 aliphatic rings. The maximum Gasteiger partial charge on any atom is 0.309 e. The van der Waals surface area contributed by atoms with E-state index in [1.165, 1.54) is 0 Å². The number of carbonyl (C=O) groups is 2. The molecular weight excluding hydrogens is 218 g/mol. The SMILES string of the molecule is CCOC(=O)C1CC(=O)Nc2ccccc2C1. The minimum absolute atomic E-state index is 0.131. The van der Waals surface area contributed by atoms with Gasteiger partial charge in [0.25, 0.3) is 0 Å². The van der Waals surface area contributed by atoms with Gasteiger partial charge in [0.1, 0.15) is 0 Å². The number of amides is 1. The summed E-state index contributed by atoms with van der Waals surface area (Å²) in [6.07, 6.45) is 0.737. The fourth-order valence-corrected chi connectivity index (χ4v) is 2.01. The van der Waals surface area contributed by atoms with E-state index in [4.69, 9.17) is 4.74 Å². The Labute approximate surface area is 100.0 Å². The Morgan fingerprint density at radius 2 is 2.18 bits per heavy atom. The standard InChI is InChI=1S/C13H15NO3/c1-2-17-13(16)10-7-9-5-3-4-6-11(9)14-12(15)8-10/h3-6,10H,2,7-8H2,1H3,(H,14,15). The van der Waals surface area contributed by atoms with Gasteiger partial charge in [-0.3, -0.25) is 9.59 Å². The summed E-state index contributed by atoms with van der Waals surface area (Å²) in [5.41, 5.74) is 1.78. The minimum Gasteiger partial charge on any atom is -0.466 e. The molecular formula is C13H15NO3. The Kier molecular flexibility index (Phi) is 3.42. The molecule has 1 aromatic carbocycles. The molecule has 1 atom stereocenters. The second-order valence-corrected chi connectivity index (χ2v) is 4.06. The predicted octanol–water partition coefficient (Wildman–Crippen LogP) is 1.75. The number of rotatable bonds is 2. The molecule has 1 aliphatic heterocycles. The van der Waals surface area contributed by atoms with Crippen LogP contribution >= 0.6 is 0 Å². The van der Waals surface area contributed by atoms with E-state index >= 15 is 0 Å². The number of fused-ring (bicyclic) bond motifs is 1. The van der Waals surface area contributed by atoms with E-state index in [-0.39, 0.29) is 24.2 Å². The van der Waals surface area contributed by atoms with E-state index in [0.29, 0.717) is 13.0 Å². The molecule has 4 nitrogen and oxygen atoms in total. The van der Waals surface area contributed by atoms with Gasteiger partial charge in [-0.2, -0.15) is 0 Å². The van der Waals surface area contributed by atoms with Gasteiger partial charge in [0, 0.05) is 12.1 Å². The zero-order valence-electron chi connectivity index (χ0n) is 9.73. The molecule has 1 heterocycles. The number of para-hydroxylation sites is 1. The topological polar surface area (TPSA) is 55.4 Å². The second-order valence-electron chi connectivity index (χ2n) is 4.06. The summed E-state index contributed by atoms with van der Waals surface area (Å²) in [6, 6.07) is 7.54. The summed E-state index contributed by atoms with van der Waals surface area (Å²) in [4.78, 5) is 23.4. The lowest BCUT2D eigenvalue weighted by molar-refractivity contribution is -0.149. The van der Waals surface area contributed by atoms with E-state index < -0.39 is 0 Å². The Bertz CT molecular complexity index is 442. The fourth-order valence-electron chi connectivity index (χ4n) is 2.01. The highest BCUT2D eigenvalue weighted by molar-refractivity contribution is 5.95. The van der Waals surface area contributed by atoms with Gasteiger partial charge < -0.3 is 10.1 Å². The quantitative estimate of drug-likeness (QED) is 0.792. The first-order valence-corrected chi connectivity index (χ1v) is 5.75. The normalized spacial score (nSPS) is 18.9. The third-order valence-electron chi connectivity index (χ3n) is 2.81. The molecule has 4 heteroatoms. The third-order valence-corrected chi connectivity index (χ3v) is 2.81. The van der Waals surface area contributed by atoms with Crippen molar-refractivity contribution < 1.29 is 14.3 Å². The van der Waals surface area contributed by atoms with E-state index in [1.807, 2.05) is 24.3 Å². The molecule has 0 saturated heterocycles. The van der Waals surface area contributed by atoms with Crippen molar-refractivity contribution in [2.45, 2.75) is 19.8 Å². The number of hydrogen-bond acceptors (Lipinski definition) is 3. The number of hydrogen-bond donors (Lipinski definition) is 1. The van der Waals surface area contributed by atoms with Gasteiger partial charge in [-0.25, -0.2) is 0 Å². The predicted molar refractivity (Wildman–Crippen MR) is 63.5 cm³/mol. The Morgan fingerprint density at radius 3 is 2.94 bits per heavy atom. The van der Waals surface area contributed by atoms with Gasteiger partial charge in [0.2, 0.25) is 5.91 Å². The van der Waals surface area contributed by atoms with Crippen LogP contribution in [0.3, 0.4) is 0 Å². The summed E-state index contributed by atoms with van der Waals surface area (Å²) < 4.78 is 4.98. The maximum atomic E-state index is 11.7.